The van der Waals surface area contributed by atoms with Gasteiger partial charge in [-0.05, 0) is 298 Å². The van der Waals surface area contributed by atoms with Gasteiger partial charge in [0.25, 0.3) is 17.7 Å². The molecule has 0 bridgehead atoms. The molecule has 0 spiro atoms. The molecule has 3 amide bonds. The number of carbonyl (C=O) groups is 6. The van der Waals surface area contributed by atoms with Crippen molar-refractivity contribution in [2.24, 2.45) is 0 Å². The molecular weight excluding hydrogens is 1880 g/mol. The predicted molar refractivity (Wildman–Crippen MR) is 543 cm³/mol. The Morgan fingerprint density at radius 1 is 0.416 bits per heavy atom. The number of halogens is 5. The lowest BCUT2D eigenvalue weighted by molar-refractivity contribution is 0.00578. The Hall–Kier alpha value is -14.9. The number of rotatable bonds is 22. The summed E-state index contributed by atoms with van der Waals surface area (Å²) in [6, 6.07) is 62.1. The summed E-state index contributed by atoms with van der Waals surface area (Å²) in [7, 11) is 3.83. The van der Waals surface area contributed by atoms with E-state index >= 15 is 4.39 Å². The third-order valence-electron chi connectivity index (χ3n) is 23.1. The first kappa shape index (κ1) is 104. The third kappa shape index (κ3) is 26.0. The van der Waals surface area contributed by atoms with E-state index in [1.807, 2.05) is 210 Å². The molecule has 1 saturated heterocycles. The molecule has 1 fully saturated rings. The van der Waals surface area contributed by atoms with Gasteiger partial charge in [-0.25, -0.2) is 37.9 Å². The lowest BCUT2D eigenvalue weighted by Gasteiger charge is -2.32. The number of pyridine rings is 4. The molecule has 1 aliphatic heterocycles. The Balaban J connectivity index is 0.000000180. The minimum Gasteiger partial charge on any atom is -0.496 e. The van der Waals surface area contributed by atoms with E-state index in [1.54, 1.807) is 48.5 Å². The Morgan fingerprint density at radius 3 is 1.10 bits per heavy atom. The summed E-state index contributed by atoms with van der Waals surface area (Å²) in [6.07, 6.45) is 6.46. The highest BCUT2D eigenvalue weighted by molar-refractivity contribution is 9.10. The molecule has 706 valence electrons. The molecule has 14 aromatic rings. The summed E-state index contributed by atoms with van der Waals surface area (Å²) in [6.45, 7) is 22.3. The SMILES string of the molecule is COc1cc(-c2cccc(-c3cccc(NC(=O)c4ccc(N)nc4)c3C)c2C)cc(F)c1C=O.COc1cc(-c2cccc(-c3cccc(NC(=O)c4ccc(N)nc4)c3C)c2C)cc(F)c1CNCCO.COc1cc(-c2cccc(B3OC(C)(C)C(C)(C)O3)c2C)cc(F)c1C=O.Cc1c(Br)cccc1NC(=O)c1ccc(N)nc1.Cc1c(N)cccc1Br.Nc1ccc(C(=O)O)cn1. The summed E-state index contributed by atoms with van der Waals surface area (Å²) in [5, 5.41) is 29.1. The maximum atomic E-state index is 15.1. The summed E-state index contributed by atoms with van der Waals surface area (Å²) in [4.78, 5) is 85.5. The number of hydrogen-bond donors (Lipinski definition) is 11. The number of carbonyl (C=O) groups excluding carboxylic acids is 5. The van der Waals surface area contributed by atoms with Crippen molar-refractivity contribution in [3.05, 3.63) is 341 Å². The molecule has 0 aliphatic carbocycles. The van der Waals surface area contributed by atoms with Crippen LogP contribution in [-0.4, -0.2) is 119 Å². The van der Waals surface area contributed by atoms with Gasteiger partial charge in [0.2, 0.25) is 0 Å². The van der Waals surface area contributed by atoms with E-state index in [9.17, 15) is 37.5 Å². The number of aromatic carboxylic acids is 1. The molecule has 5 heterocycles. The van der Waals surface area contributed by atoms with Crippen molar-refractivity contribution in [2.75, 3.05) is 79.1 Å². The first-order chi connectivity index (χ1) is 65.3. The van der Waals surface area contributed by atoms with Crippen LogP contribution in [0.4, 0.5) is 59.2 Å². The summed E-state index contributed by atoms with van der Waals surface area (Å²) >= 11 is 6.79. The van der Waals surface area contributed by atoms with Crippen LogP contribution in [0, 0.1) is 65.9 Å². The van der Waals surface area contributed by atoms with Crippen LogP contribution in [0.3, 0.4) is 0 Å². The number of nitrogens with two attached hydrogens (primary N) is 5. The van der Waals surface area contributed by atoms with Crippen molar-refractivity contribution in [1.82, 2.24) is 25.3 Å². The van der Waals surface area contributed by atoms with Crippen molar-refractivity contribution >= 4 is 127 Å². The second-order valence-electron chi connectivity index (χ2n) is 32.4. The smallest absolute Gasteiger partial charge is 0.495 e. The quantitative estimate of drug-likeness (QED) is 0.0130. The second-order valence-corrected chi connectivity index (χ2v) is 34.1. The van der Waals surface area contributed by atoms with Crippen LogP contribution in [0.5, 0.6) is 17.2 Å². The van der Waals surface area contributed by atoms with Crippen molar-refractivity contribution in [2.45, 2.75) is 93.9 Å². The number of methoxy groups -OCH3 is 3. The van der Waals surface area contributed by atoms with Gasteiger partial charge in [-0.1, -0.05) is 123 Å². The summed E-state index contributed by atoms with van der Waals surface area (Å²) < 4.78 is 74.3. The van der Waals surface area contributed by atoms with Crippen LogP contribution in [0.1, 0.15) is 134 Å². The minimum absolute atomic E-state index is 0.0309. The molecule has 0 radical (unpaired) electrons. The van der Waals surface area contributed by atoms with Gasteiger partial charge in [0.1, 0.15) is 58.0 Å². The predicted octanol–water partition coefficient (Wildman–Crippen LogP) is 20.5. The van der Waals surface area contributed by atoms with E-state index in [1.165, 1.54) is 76.4 Å². The van der Waals surface area contributed by atoms with Crippen LogP contribution in [-0.2, 0) is 15.9 Å². The van der Waals surface area contributed by atoms with Gasteiger partial charge in [-0.3, -0.25) is 24.0 Å². The van der Waals surface area contributed by atoms with E-state index in [2.05, 4.69) is 73.1 Å². The molecule has 0 unspecified atom stereocenters. The zero-order valence-electron chi connectivity index (χ0n) is 77.8. The highest BCUT2D eigenvalue weighted by Gasteiger charge is 2.52. The summed E-state index contributed by atoms with van der Waals surface area (Å²) in [5.74, 6) is -1.17. The van der Waals surface area contributed by atoms with Gasteiger partial charge < -0.3 is 83.7 Å². The number of aliphatic hydroxyl groups is 1. The molecule has 4 aromatic heterocycles. The molecule has 15 rings (SSSR count). The minimum atomic E-state index is -0.993. The maximum Gasteiger partial charge on any atom is 0.495 e. The fourth-order valence-electron chi connectivity index (χ4n) is 14.4. The van der Waals surface area contributed by atoms with Gasteiger partial charge in [0, 0.05) is 75.1 Å². The molecule has 16 N–H and O–H groups in total. The van der Waals surface area contributed by atoms with Crippen LogP contribution in [0.25, 0.3) is 55.6 Å². The number of aromatic nitrogens is 4. The number of hydrogen-bond acceptors (Lipinski definition) is 22. The number of benzene rings is 10. The van der Waals surface area contributed by atoms with Crippen molar-refractivity contribution in [3.8, 4) is 72.9 Å². The molecule has 137 heavy (non-hydrogen) atoms. The number of aliphatic hydroxyl groups excluding tert-OH is 1. The number of amides is 3. The highest BCUT2D eigenvalue weighted by Crippen LogP contribution is 2.43. The molecule has 1 aliphatic rings. The van der Waals surface area contributed by atoms with Crippen LogP contribution < -0.4 is 69.6 Å². The molecule has 32 heteroatoms. The number of nitrogens with one attached hydrogen (secondary N) is 4. The zero-order chi connectivity index (χ0) is 99.9. The Kier molecular flexibility index (Phi) is 36.0. The normalized spacial score (nSPS) is 11.9. The van der Waals surface area contributed by atoms with Crippen molar-refractivity contribution in [3.63, 3.8) is 0 Å². The average molecular weight is 1980 g/mol. The van der Waals surface area contributed by atoms with Crippen LogP contribution >= 0.6 is 31.9 Å². The highest BCUT2D eigenvalue weighted by atomic mass is 79.9. The first-order valence-electron chi connectivity index (χ1n) is 42.8. The third-order valence-corrected chi connectivity index (χ3v) is 24.8. The number of carboxylic acids is 1. The second kappa shape index (κ2) is 47.3. The Labute approximate surface area is 809 Å². The first-order valence-corrected chi connectivity index (χ1v) is 44.3. The standard InChI is InChI=1S/C30H31FN4O3.C28H24FN3O3.C21H24BFO4.C13H12BrN3O.C7H8BrN.C6H6N2O2/c1-18-22(21-14-26(31)25(17-33-12-13-36)28(15-21)38-3)6-4-7-23(18)24-8-5-9-27(19(24)2)35-30(37)20-10-11-29(32)34-16-20;1-16-20(19-12-24(29)23(15-33)26(13-19)35-3)6-4-7-21(16)22-8-5-9-25(17(22)2)32-28(34)18-10-11-27(30)31-14-18;1-13-15(14-10-18(23)16(12-24)19(11-14)25-6)8-7-9-17(13)22-26-20(2,3)21(4,5)27-22;1-8-10(14)3-2-4-11(8)17-13(18)9-5-6-12(15)16-7-9;1-5-6(8)3-2-4-7(5)9;7-5-2-1-4(3-8-5)6(9)10/h4-11,14-16,33,36H,12-13,17H2,1-3H3,(H2,32,34)(H,35,37);4-15H,1-3H3,(H2,30,31)(H,32,34);7-12H,1-6H3;2-7H,1H3,(H2,15,16)(H,17,18);2-4H,9H2,1H3;1-3H,(H2,7,8)(H,9,10). The van der Waals surface area contributed by atoms with E-state index in [-0.39, 0.29) is 64.9 Å². The largest absolute Gasteiger partial charge is 0.496 e. The number of nitrogen functional groups attached to an aromatic ring is 5. The Bertz CT molecular complexity index is 6710. The van der Waals surface area contributed by atoms with Gasteiger partial charge in [-0.15, -0.1) is 0 Å². The maximum absolute atomic E-state index is 15.1. The van der Waals surface area contributed by atoms with Crippen LogP contribution in [0.2, 0.25) is 0 Å². The lowest BCUT2D eigenvalue weighted by Crippen LogP contribution is -2.41. The number of nitrogens with zero attached hydrogens (tertiary/aromatic N) is 4. The zero-order valence-corrected chi connectivity index (χ0v) is 81.0. The molecule has 10 aromatic carbocycles. The van der Waals surface area contributed by atoms with Gasteiger partial charge in [0.05, 0.1) is 72.5 Å². The number of aldehydes is 2. The van der Waals surface area contributed by atoms with Gasteiger partial charge in [-0.2, -0.15) is 0 Å². The van der Waals surface area contributed by atoms with Crippen LogP contribution in [0.15, 0.2) is 246 Å². The molecular formula is C105H105BBr2F3N13O13. The van der Waals surface area contributed by atoms with E-state index < -0.39 is 35.9 Å². The number of carboxylic acid groups (broad SMARTS) is 1. The average Bonchev–Trinajstić information content (AvgIpc) is 1.63. The Morgan fingerprint density at radius 2 is 0.745 bits per heavy atom. The van der Waals surface area contributed by atoms with Crippen molar-refractivity contribution < 1.29 is 75.7 Å². The van der Waals surface area contributed by atoms with Crippen molar-refractivity contribution in [1.29, 1.82) is 0 Å². The lowest BCUT2D eigenvalue weighted by atomic mass is 9.74. The molecule has 0 atom stereocenters. The molecule has 0 saturated carbocycles. The van der Waals surface area contributed by atoms with E-state index in [0.29, 0.717) is 98.5 Å². The van der Waals surface area contributed by atoms with Gasteiger partial charge in [0.15, 0.2) is 12.6 Å². The van der Waals surface area contributed by atoms with E-state index in [0.717, 1.165) is 104 Å². The fraction of sp³-hybridized carbons (Fsp3) is 0.181. The fourth-order valence-corrected chi connectivity index (χ4v) is 15.1. The molecule has 26 nitrogen and oxygen atoms in total. The number of anilines is 8. The van der Waals surface area contributed by atoms with E-state index in [4.69, 9.17) is 62.4 Å². The van der Waals surface area contributed by atoms with Gasteiger partial charge >= 0.3 is 13.1 Å². The monoisotopic (exact) mass is 1980 g/mol. The number of ether oxygens (including phenoxy) is 3. The topological polar surface area (TPSA) is 419 Å². The summed E-state index contributed by atoms with van der Waals surface area (Å²) in [5.41, 5.74) is 47.0.